The first kappa shape index (κ1) is 13.7. The molecule has 0 saturated heterocycles. The summed E-state index contributed by atoms with van der Waals surface area (Å²) in [6.45, 7) is 5.02. The molecule has 104 valence electrons. The molecule has 1 aromatic rings. The number of anilines is 1. The van der Waals surface area contributed by atoms with Crippen molar-refractivity contribution in [1.82, 2.24) is 14.9 Å². The Labute approximate surface area is 113 Å². The van der Waals surface area contributed by atoms with E-state index in [1.807, 2.05) is 0 Å². The lowest BCUT2D eigenvalue weighted by atomic mass is 10.4. The molecule has 0 aromatic carbocycles. The number of ether oxygens (including phenoxy) is 1. The van der Waals surface area contributed by atoms with Crippen LogP contribution in [0.1, 0.15) is 30.3 Å². The first-order valence-electron chi connectivity index (χ1n) is 6.63. The summed E-state index contributed by atoms with van der Waals surface area (Å²) in [7, 11) is 1.33. The molecule has 0 radical (unpaired) electrons. The molecule has 1 aliphatic carbocycles. The van der Waals surface area contributed by atoms with Gasteiger partial charge in [-0.05, 0) is 19.4 Å². The normalized spacial score (nSPS) is 14.5. The van der Waals surface area contributed by atoms with Crippen molar-refractivity contribution in [3.8, 4) is 0 Å². The monoisotopic (exact) mass is 264 g/mol. The van der Waals surface area contributed by atoms with Gasteiger partial charge in [0.1, 0.15) is 5.82 Å². The third-order valence-corrected chi connectivity index (χ3v) is 3.20. The second-order valence-electron chi connectivity index (χ2n) is 4.57. The van der Waals surface area contributed by atoms with E-state index in [9.17, 15) is 4.79 Å². The molecule has 0 unspecified atom stereocenters. The van der Waals surface area contributed by atoms with Gasteiger partial charge in [-0.25, -0.2) is 9.78 Å². The number of aromatic nitrogens is 2. The van der Waals surface area contributed by atoms with E-state index in [2.05, 4.69) is 31.8 Å². The fourth-order valence-corrected chi connectivity index (χ4v) is 2.02. The Morgan fingerprint density at radius 1 is 1.53 bits per heavy atom. The molecule has 0 amide bonds. The molecule has 0 bridgehead atoms. The predicted molar refractivity (Wildman–Crippen MR) is 72.1 cm³/mol. The van der Waals surface area contributed by atoms with Gasteiger partial charge < -0.3 is 10.1 Å². The summed E-state index contributed by atoms with van der Waals surface area (Å²) in [5.74, 6) is 0.138. The van der Waals surface area contributed by atoms with Gasteiger partial charge >= 0.3 is 5.97 Å². The molecular formula is C13H20N4O2. The smallest absolute Gasteiger partial charge is 0.358 e. The topological polar surface area (TPSA) is 67.4 Å². The van der Waals surface area contributed by atoms with Crippen LogP contribution < -0.4 is 5.32 Å². The highest BCUT2D eigenvalue weighted by molar-refractivity contribution is 5.87. The number of nitrogens with zero attached hydrogens (tertiary/aromatic N) is 3. The maximum Gasteiger partial charge on any atom is 0.358 e. The van der Waals surface area contributed by atoms with E-state index in [1.165, 1.54) is 26.1 Å². The Bertz CT molecular complexity index is 434. The Morgan fingerprint density at radius 2 is 2.32 bits per heavy atom. The van der Waals surface area contributed by atoms with Crippen molar-refractivity contribution < 1.29 is 9.53 Å². The number of esters is 1. The lowest BCUT2D eigenvalue weighted by Gasteiger charge is -2.19. The number of likely N-dealkylation sites (N-methyl/N-ethyl adjacent to an activating group) is 1. The highest BCUT2D eigenvalue weighted by Crippen LogP contribution is 2.25. The van der Waals surface area contributed by atoms with Crippen molar-refractivity contribution in [1.29, 1.82) is 0 Å². The third-order valence-electron chi connectivity index (χ3n) is 3.20. The minimum Gasteiger partial charge on any atom is -0.464 e. The van der Waals surface area contributed by atoms with Crippen LogP contribution in [0, 0.1) is 0 Å². The molecule has 1 N–H and O–H groups in total. The minimum absolute atomic E-state index is 0.224. The lowest BCUT2D eigenvalue weighted by Crippen LogP contribution is -2.31. The van der Waals surface area contributed by atoms with E-state index in [-0.39, 0.29) is 5.69 Å². The fourth-order valence-electron chi connectivity index (χ4n) is 2.02. The summed E-state index contributed by atoms with van der Waals surface area (Å²) in [5, 5.41) is 3.19. The SMILES string of the molecule is CCN(CCNc1cncc(C(=O)OC)n1)C1CC1. The van der Waals surface area contributed by atoms with Gasteiger partial charge in [0.25, 0.3) is 0 Å². The van der Waals surface area contributed by atoms with Crippen molar-refractivity contribution in [2.45, 2.75) is 25.8 Å². The van der Waals surface area contributed by atoms with Gasteiger partial charge in [0.15, 0.2) is 5.69 Å². The van der Waals surface area contributed by atoms with E-state index in [4.69, 9.17) is 0 Å². The molecule has 1 aromatic heterocycles. The molecule has 0 aliphatic heterocycles. The number of hydrogen-bond acceptors (Lipinski definition) is 6. The molecule has 1 heterocycles. The molecule has 2 rings (SSSR count). The molecular weight excluding hydrogens is 244 g/mol. The van der Waals surface area contributed by atoms with Crippen LogP contribution in [-0.4, -0.2) is 53.6 Å². The zero-order chi connectivity index (χ0) is 13.7. The summed E-state index contributed by atoms with van der Waals surface area (Å²) < 4.78 is 4.61. The number of carbonyl (C=O) groups is 1. The van der Waals surface area contributed by atoms with Crippen LogP contribution in [0.2, 0.25) is 0 Å². The molecule has 0 atom stereocenters. The molecule has 1 fully saturated rings. The molecule has 1 saturated carbocycles. The fraction of sp³-hybridized carbons (Fsp3) is 0.615. The van der Waals surface area contributed by atoms with Crippen LogP contribution >= 0.6 is 0 Å². The average Bonchev–Trinajstić information content (AvgIpc) is 3.27. The van der Waals surface area contributed by atoms with E-state index in [0.717, 1.165) is 25.7 Å². The summed E-state index contributed by atoms with van der Waals surface area (Å²) in [6.07, 6.45) is 5.64. The summed E-state index contributed by atoms with van der Waals surface area (Å²) in [4.78, 5) is 21.9. The Morgan fingerprint density at radius 3 is 2.95 bits per heavy atom. The van der Waals surface area contributed by atoms with Crippen LogP contribution in [-0.2, 0) is 4.74 Å². The molecule has 6 nitrogen and oxygen atoms in total. The molecule has 6 heteroatoms. The maximum absolute atomic E-state index is 11.3. The number of carbonyl (C=O) groups excluding carboxylic acids is 1. The first-order chi connectivity index (χ1) is 9.24. The quantitative estimate of drug-likeness (QED) is 0.745. The Kier molecular flexibility index (Phi) is 4.68. The highest BCUT2D eigenvalue weighted by atomic mass is 16.5. The third kappa shape index (κ3) is 3.89. The molecule has 1 aliphatic rings. The molecule has 19 heavy (non-hydrogen) atoms. The zero-order valence-electron chi connectivity index (χ0n) is 11.4. The number of rotatable bonds is 7. The average molecular weight is 264 g/mol. The second-order valence-corrected chi connectivity index (χ2v) is 4.57. The number of hydrogen-bond donors (Lipinski definition) is 1. The van der Waals surface area contributed by atoms with Gasteiger partial charge in [-0.1, -0.05) is 6.92 Å². The van der Waals surface area contributed by atoms with Crippen molar-refractivity contribution in [3.63, 3.8) is 0 Å². The highest BCUT2D eigenvalue weighted by Gasteiger charge is 2.27. The van der Waals surface area contributed by atoms with Crippen LogP contribution in [0.15, 0.2) is 12.4 Å². The van der Waals surface area contributed by atoms with Crippen LogP contribution in [0.25, 0.3) is 0 Å². The van der Waals surface area contributed by atoms with Crippen molar-refractivity contribution in [2.24, 2.45) is 0 Å². The summed E-state index contributed by atoms with van der Waals surface area (Å²) >= 11 is 0. The Hall–Kier alpha value is -1.69. The maximum atomic E-state index is 11.3. The van der Waals surface area contributed by atoms with Gasteiger partial charge in [-0.3, -0.25) is 9.88 Å². The van der Waals surface area contributed by atoms with Gasteiger partial charge in [-0.15, -0.1) is 0 Å². The van der Waals surface area contributed by atoms with Crippen molar-refractivity contribution >= 4 is 11.8 Å². The summed E-state index contributed by atoms with van der Waals surface area (Å²) in [6, 6.07) is 0.763. The van der Waals surface area contributed by atoms with Gasteiger partial charge in [0.05, 0.1) is 19.5 Å². The van der Waals surface area contributed by atoms with E-state index in [1.54, 1.807) is 6.20 Å². The zero-order valence-corrected chi connectivity index (χ0v) is 11.4. The summed E-state index contributed by atoms with van der Waals surface area (Å²) in [5.41, 5.74) is 0.224. The van der Waals surface area contributed by atoms with Crippen LogP contribution in [0.4, 0.5) is 5.82 Å². The minimum atomic E-state index is -0.468. The van der Waals surface area contributed by atoms with Gasteiger partial charge in [-0.2, -0.15) is 0 Å². The number of methoxy groups -OCH3 is 1. The van der Waals surface area contributed by atoms with Crippen LogP contribution in [0.3, 0.4) is 0 Å². The van der Waals surface area contributed by atoms with Gasteiger partial charge in [0, 0.05) is 19.1 Å². The number of nitrogens with one attached hydrogen (secondary N) is 1. The molecule has 0 spiro atoms. The first-order valence-corrected chi connectivity index (χ1v) is 6.63. The largest absolute Gasteiger partial charge is 0.464 e. The van der Waals surface area contributed by atoms with E-state index >= 15 is 0 Å². The van der Waals surface area contributed by atoms with Crippen molar-refractivity contribution in [2.75, 3.05) is 32.1 Å². The standard InChI is InChI=1S/C13H20N4O2/c1-3-17(10-4-5-10)7-6-15-12-9-14-8-11(16-12)13(18)19-2/h8-10H,3-7H2,1-2H3,(H,15,16). The van der Waals surface area contributed by atoms with Crippen LogP contribution in [0.5, 0.6) is 0 Å². The van der Waals surface area contributed by atoms with E-state index in [0.29, 0.717) is 5.82 Å². The van der Waals surface area contributed by atoms with Gasteiger partial charge in [0.2, 0.25) is 0 Å². The lowest BCUT2D eigenvalue weighted by molar-refractivity contribution is 0.0593. The predicted octanol–water partition coefficient (Wildman–Crippen LogP) is 1.16. The van der Waals surface area contributed by atoms with Crippen molar-refractivity contribution in [3.05, 3.63) is 18.1 Å². The Balaban J connectivity index is 1.83. The van der Waals surface area contributed by atoms with E-state index < -0.39 is 5.97 Å². The second kappa shape index (κ2) is 6.47.